The number of ether oxygens (including phenoxy) is 3. The lowest BCUT2D eigenvalue weighted by Crippen LogP contribution is -2.53. The Morgan fingerprint density at radius 3 is 2.25 bits per heavy atom. The quantitative estimate of drug-likeness (QED) is 0.783. The Labute approximate surface area is 141 Å². The molecule has 24 heavy (non-hydrogen) atoms. The van der Waals surface area contributed by atoms with E-state index in [1.165, 1.54) is 0 Å². The molecule has 0 spiro atoms. The van der Waals surface area contributed by atoms with Gasteiger partial charge in [-0.2, -0.15) is 13.9 Å². The lowest BCUT2D eigenvalue weighted by molar-refractivity contribution is -0.692. The standard InChI is InChI=1S/C18H23N2O4/c1-12-11-13(20(3)18(21)19(12)2)7-8-14-15(22-4)9-10-16(23-5)17(14)24-6/h7-11H,1-6H3/q+1. The van der Waals surface area contributed by atoms with Crippen LogP contribution in [-0.2, 0) is 14.1 Å². The minimum Gasteiger partial charge on any atom is -0.496 e. The molecular weight excluding hydrogens is 308 g/mol. The minimum atomic E-state index is -0.0841. The summed E-state index contributed by atoms with van der Waals surface area (Å²) in [6.07, 6.45) is 3.71. The van der Waals surface area contributed by atoms with Crippen LogP contribution >= 0.6 is 0 Å². The number of hydrogen-bond donors (Lipinski definition) is 0. The molecule has 0 aliphatic rings. The first-order chi connectivity index (χ1) is 11.4. The lowest BCUT2D eigenvalue weighted by Gasteiger charge is -2.13. The van der Waals surface area contributed by atoms with Crippen LogP contribution < -0.4 is 24.5 Å². The predicted molar refractivity (Wildman–Crippen MR) is 92.6 cm³/mol. The normalized spacial score (nSPS) is 10.9. The fourth-order valence-corrected chi connectivity index (χ4v) is 2.49. The summed E-state index contributed by atoms with van der Waals surface area (Å²) in [5.74, 6) is 1.85. The second-order valence-electron chi connectivity index (χ2n) is 5.36. The summed E-state index contributed by atoms with van der Waals surface area (Å²) in [4.78, 5) is 12.2. The molecular formula is C18H23N2O4+. The number of aromatic nitrogens is 2. The van der Waals surface area contributed by atoms with E-state index in [-0.39, 0.29) is 5.69 Å². The van der Waals surface area contributed by atoms with Crippen LogP contribution in [0.1, 0.15) is 17.0 Å². The van der Waals surface area contributed by atoms with E-state index in [9.17, 15) is 4.79 Å². The third-order valence-corrected chi connectivity index (χ3v) is 4.03. The van der Waals surface area contributed by atoms with Crippen molar-refractivity contribution in [3.8, 4) is 17.2 Å². The van der Waals surface area contributed by atoms with Crippen LogP contribution in [0.25, 0.3) is 12.2 Å². The molecule has 0 unspecified atom stereocenters. The number of benzene rings is 1. The zero-order valence-corrected chi connectivity index (χ0v) is 14.9. The topological polar surface area (TPSA) is 53.6 Å². The summed E-state index contributed by atoms with van der Waals surface area (Å²) < 4.78 is 19.4. The van der Waals surface area contributed by atoms with Gasteiger partial charge in [0.2, 0.25) is 0 Å². The highest BCUT2D eigenvalue weighted by Crippen LogP contribution is 2.38. The molecule has 1 aromatic carbocycles. The van der Waals surface area contributed by atoms with E-state index in [0.29, 0.717) is 17.2 Å². The van der Waals surface area contributed by atoms with Crippen molar-refractivity contribution in [1.29, 1.82) is 0 Å². The van der Waals surface area contributed by atoms with E-state index >= 15 is 0 Å². The van der Waals surface area contributed by atoms with Crippen LogP contribution in [0.2, 0.25) is 0 Å². The molecule has 0 radical (unpaired) electrons. The molecule has 0 fully saturated rings. The van der Waals surface area contributed by atoms with Gasteiger partial charge in [-0.15, -0.1) is 0 Å². The largest absolute Gasteiger partial charge is 0.498 e. The van der Waals surface area contributed by atoms with E-state index in [2.05, 4.69) is 0 Å². The van der Waals surface area contributed by atoms with E-state index < -0.39 is 0 Å². The number of hydrogen-bond acceptors (Lipinski definition) is 4. The van der Waals surface area contributed by atoms with Gasteiger partial charge in [-0.3, -0.25) is 0 Å². The maximum Gasteiger partial charge on any atom is 0.498 e. The van der Waals surface area contributed by atoms with Crippen molar-refractivity contribution in [2.24, 2.45) is 14.1 Å². The van der Waals surface area contributed by atoms with E-state index in [4.69, 9.17) is 14.2 Å². The Bertz CT molecular complexity index is 838. The molecule has 0 saturated heterocycles. The summed E-state index contributed by atoms with van der Waals surface area (Å²) in [5, 5.41) is 0. The number of nitrogens with zero attached hydrogens (tertiary/aromatic N) is 2. The van der Waals surface area contributed by atoms with Crippen molar-refractivity contribution in [3.05, 3.63) is 45.6 Å². The predicted octanol–water partition coefficient (Wildman–Crippen LogP) is 1.71. The fourth-order valence-electron chi connectivity index (χ4n) is 2.49. The molecule has 6 heteroatoms. The van der Waals surface area contributed by atoms with Gasteiger partial charge < -0.3 is 14.2 Å². The van der Waals surface area contributed by atoms with E-state index in [0.717, 1.165) is 17.0 Å². The Hall–Kier alpha value is -2.76. The number of methoxy groups -OCH3 is 3. The second kappa shape index (κ2) is 7.21. The monoisotopic (exact) mass is 331 g/mol. The molecule has 0 aliphatic heterocycles. The molecule has 6 nitrogen and oxygen atoms in total. The third kappa shape index (κ3) is 3.13. The third-order valence-electron chi connectivity index (χ3n) is 4.03. The Morgan fingerprint density at radius 1 is 1.04 bits per heavy atom. The van der Waals surface area contributed by atoms with Crippen molar-refractivity contribution in [2.75, 3.05) is 21.3 Å². The van der Waals surface area contributed by atoms with Crippen LogP contribution in [-0.4, -0.2) is 25.9 Å². The molecule has 0 aliphatic carbocycles. The van der Waals surface area contributed by atoms with Gasteiger partial charge in [0.05, 0.1) is 41.0 Å². The number of aryl methyl sites for hydroxylation is 1. The zero-order valence-electron chi connectivity index (χ0n) is 14.9. The molecule has 2 aromatic rings. The fraction of sp³-hybridized carbons (Fsp3) is 0.333. The van der Waals surface area contributed by atoms with Crippen LogP contribution in [0.5, 0.6) is 17.2 Å². The van der Waals surface area contributed by atoms with Crippen LogP contribution in [0.3, 0.4) is 0 Å². The van der Waals surface area contributed by atoms with Crippen LogP contribution in [0.15, 0.2) is 23.0 Å². The first kappa shape index (κ1) is 17.6. The van der Waals surface area contributed by atoms with Gasteiger partial charge in [0.1, 0.15) is 17.1 Å². The van der Waals surface area contributed by atoms with Gasteiger partial charge in [0, 0.05) is 6.07 Å². The Morgan fingerprint density at radius 2 is 1.67 bits per heavy atom. The summed E-state index contributed by atoms with van der Waals surface area (Å²) in [7, 11) is 8.25. The van der Waals surface area contributed by atoms with Gasteiger partial charge in [-0.25, -0.2) is 0 Å². The molecule has 2 rings (SSSR count). The van der Waals surface area contributed by atoms with Crippen molar-refractivity contribution in [1.82, 2.24) is 4.57 Å². The maximum absolute atomic E-state index is 12.2. The number of rotatable bonds is 5. The molecule has 1 aromatic heterocycles. The van der Waals surface area contributed by atoms with Gasteiger partial charge in [-0.1, -0.05) is 0 Å². The first-order valence-electron chi connectivity index (χ1n) is 7.48. The second-order valence-corrected chi connectivity index (χ2v) is 5.36. The maximum atomic E-state index is 12.2. The molecule has 0 atom stereocenters. The lowest BCUT2D eigenvalue weighted by atomic mass is 10.1. The van der Waals surface area contributed by atoms with Crippen LogP contribution in [0, 0.1) is 6.92 Å². The van der Waals surface area contributed by atoms with Crippen molar-refractivity contribution >= 4 is 12.2 Å². The smallest absolute Gasteiger partial charge is 0.496 e. The molecule has 0 bridgehead atoms. The van der Waals surface area contributed by atoms with Crippen LogP contribution in [0.4, 0.5) is 0 Å². The minimum absolute atomic E-state index is 0.0841. The van der Waals surface area contributed by atoms with Crippen molar-refractivity contribution in [2.45, 2.75) is 6.92 Å². The molecule has 1 heterocycles. The van der Waals surface area contributed by atoms with Crippen molar-refractivity contribution < 1.29 is 18.8 Å². The summed E-state index contributed by atoms with van der Waals surface area (Å²) in [6.45, 7) is 1.89. The highest BCUT2D eigenvalue weighted by Gasteiger charge is 2.15. The Balaban J connectivity index is 2.59. The molecule has 128 valence electrons. The van der Waals surface area contributed by atoms with Crippen molar-refractivity contribution in [3.63, 3.8) is 0 Å². The summed E-state index contributed by atoms with van der Waals surface area (Å²) in [5.41, 5.74) is 2.32. The van der Waals surface area contributed by atoms with E-state index in [1.54, 1.807) is 50.6 Å². The molecule has 0 N–H and O–H groups in total. The SMILES string of the molecule is COc1ccc(OC)c(OC)c1C=Cc1cc(C)n(C)c(=O)[n+]1C. The summed E-state index contributed by atoms with van der Waals surface area (Å²) in [6, 6.07) is 5.55. The average molecular weight is 331 g/mol. The van der Waals surface area contributed by atoms with E-state index in [1.807, 2.05) is 31.2 Å². The zero-order chi connectivity index (χ0) is 17.9. The van der Waals surface area contributed by atoms with Gasteiger partial charge in [0.25, 0.3) is 0 Å². The summed E-state index contributed by atoms with van der Waals surface area (Å²) >= 11 is 0. The Kier molecular flexibility index (Phi) is 5.28. The molecule has 0 saturated carbocycles. The van der Waals surface area contributed by atoms with Gasteiger partial charge in [-0.05, 0) is 31.2 Å². The average Bonchev–Trinajstić information content (AvgIpc) is 2.60. The van der Waals surface area contributed by atoms with Gasteiger partial charge >= 0.3 is 5.69 Å². The highest BCUT2D eigenvalue weighted by atomic mass is 16.5. The highest BCUT2D eigenvalue weighted by molar-refractivity contribution is 5.76. The molecule has 0 amide bonds. The van der Waals surface area contributed by atoms with Gasteiger partial charge in [0.15, 0.2) is 11.5 Å². The first-order valence-corrected chi connectivity index (χ1v) is 7.48.